The van der Waals surface area contributed by atoms with Crippen LogP contribution < -0.4 is 9.47 Å². The van der Waals surface area contributed by atoms with Crippen molar-refractivity contribution in [2.45, 2.75) is 4.90 Å². The average Bonchev–Trinajstić information content (AvgIpc) is 2.64. The quantitative estimate of drug-likeness (QED) is 0.761. The Morgan fingerprint density at radius 3 is 2.71 bits per heavy atom. The van der Waals surface area contributed by atoms with Crippen LogP contribution in [0, 0.1) is 0 Å². The molecule has 5 nitrogen and oxygen atoms in total. The van der Waals surface area contributed by atoms with Crippen molar-refractivity contribution in [3.8, 4) is 11.5 Å². The minimum atomic E-state index is -3.60. The summed E-state index contributed by atoms with van der Waals surface area (Å²) < 4.78 is 32.5. The molecule has 1 aliphatic rings. The molecule has 76 valence electrons. The van der Waals surface area contributed by atoms with Crippen molar-refractivity contribution in [3.05, 3.63) is 18.2 Å². The minimum Gasteiger partial charge on any atom is -0.454 e. The van der Waals surface area contributed by atoms with Gasteiger partial charge in [0.2, 0.25) is 16.6 Å². The number of benzene rings is 1. The largest absolute Gasteiger partial charge is 0.454 e. The lowest BCUT2D eigenvalue weighted by Gasteiger charge is -2.01. The van der Waals surface area contributed by atoms with Gasteiger partial charge in [0.15, 0.2) is 11.5 Å². The molecule has 1 N–H and O–H groups in total. The molecule has 0 saturated heterocycles. The highest BCUT2D eigenvalue weighted by atomic mass is 32.2. The zero-order valence-corrected chi connectivity index (χ0v) is 7.95. The standard InChI is InChI=1S/C8H8O5S/c9-4-14(10,11)6-1-2-7-8(3-6)13-5-12-7/h1-3,9H,4-5H2. The number of aliphatic hydroxyl groups is 1. The van der Waals surface area contributed by atoms with E-state index in [2.05, 4.69) is 0 Å². The van der Waals surface area contributed by atoms with E-state index in [9.17, 15) is 8.42 Å². The Balaban J connectivity index is 2.48. The summed E-state index contributed by atoms with van der Waals surface area (Å²) in [6.45, 7) is 0.0952. The van der Waals surface area contributed by atoms with E-state index in [0.29, 0.717) is 11.5 Å². The molecule has 1 aromatic carbocycles. The predicted molar refractivity (Wildman–Crippen MR) is 46.8 cm³/mol. The van der Waals surface area contributed by atoms with Gasteiger partial charge in [0.1, 0.15) is 5.94 Å². The fourth-order valence-corrected chi connectivity index (χ4v) is 1.86. The molecule has 0 aromatic heterocycles. The minimum absolute atomic E-state index is 0.0317. The second-order valence-corrected chi connectivity index (χ2v) is 4.72. The van der Waals surface area contributed by atoms with Gasteiger partial charge in [-0.25, -0.2) is 8.42 Å². The van der Waals surface area contributed by atoms with Crippen molar-refractivity contribution in [1.29, 1.82) is 0 Å². The van der Waals surface area contributed by atoms with Gasteiger partial charge in [0.25, 0.3) is 0 Å². The maximum atomic E-state index is 11.3. The van der Waals surface area contributed by atoms with Crippen LogP contribution in [0.25, 0.3) is 0 Å². The summed E-state index contributed by atoms with van der Waals surface area (Å²) in [6, 6.07) is 4.22. The van der Waals surface area contributed by atoms with Crippen molar-refractivity contribution < 1.29 is 23.0 Å². The molecule has 14 heavy (non-hydrogen) atoms. The van der Waals surface area contributed by atoms with E-state index in [1.165, 1.54) is 18.2 Å². The van der Waals surface area contributed by atoms with Crippen LogP contribution in [0.4, 0.5) is 0 Å². The van der Waals surface area contributed by atoms with E-state index >= 15 is 0 Å². The highest BCUT2D eigenvalue weighted by molar-refractivity contribution is 7.91. The van der Waals surface area contributed by atoms with Crippen LogP contribution in [-0.2, 0) is 9.84 Å². The Hall–Kier alpha value is -1.27. The first-order valence-electron chi connectivity index (χ1n) is 3.87. The zero-order valence-electron chi connectivity index (χ0n) is 7.13. The smallest absolute Gasteiger partial charge is 0.231 e. The monoisotopic (exact) mass is 216 g/mol. The molecule has 0 saturated carbocycles. The van der Waals surface area contributed by atoms with Gasteiger partial charge < -0.3 is 14.6 Å². The van der Waals surface area contributed by atoms with E-state index in [1.54, 1.807) is 0 Å². The molecule has 1 aromatic rings. The number of hydrogen-bond donors (Lipinski definition) is 1. The lowest BCUT2D eigenvalue weighted by atomic mass is 10.3. The van der Waals surface area contributed by atoms with Crippen LogP contribution >= 0.6 is 0 Å². The van der Waals surface area contributed by atoms with E-state index in [0.717, 1.165) is 0 Å². The topological polar surface area (TPSA) is 72.8 Å². The summed E-state index contributed by atoms with van der Waals surface area (Å²) in [5.74, 6) is -0.00599. The Morgan fingerprint density at radius 1 is 1.29 bits per heavy atom. The Morgan fingerprint density at radius 2 is 2.00 bits per heavy atom. The Labute approximate surface area is 80.8 Å². The summed E-state index contributed by atoms with van der Waals surface area (Å²) in [4.78, 5) is 0.0317. The van der Waals surface area contributed by atoms with Crippen molar-refractivity contribution in [2.75, 3.05) is 12.7 Å². The van der Waals surface area contributed by atoms with Gasteiger partial charge in [0, 0.05) is 6.07 Å². The van der Waals surface area contributed by atoms with Crippen molar-refractivity contribution >= 4 is 9.84 Å². The molecule has 0 radical (unpaired) electrons. The van der Waals surface area contributed by atoms with Crippen LogP contribution in [-0.4, -0.2) is 26.3 Å². The first kappa shape index (κ1) is 9.29. The summed E-state index contributed by atoms with van der Waals surface area (Å²) in [5, 5.41) is 8.64. The van der Waals surface area contributed by atoms with Crippen molar-refractivity contribution in [2.24, 2.45) is 0 Å². The van der Waals surface area contributed by atoms with Crippen LogP contribution in [0.15, 0.2) is 23.1 Å². The van der Waals surface area contributed by atoms with Gasteiger partial charge in [-0.15, -0.1) is 0 Å². The molecule has 1 aliphatic heterocycles. The number of ether oxygens (including phenoxy) is 2. The van der Waals surface area contributed by atoms with Gasteiger partial charge in [-0.1, -0.05) is 0 Å². The molecule has 0 fully saturated rings. The number of fused-ring (bicyclic) bond motifs is 1. The lowest BCUT2D eigenvalue weighted by Crippen LogP contribution is -2.05. The normalized spacial score (nSPS) is 14.4. The molecule has 2 rings (SSSR count). The number of aliphatic hydroxyl groups excluding tert-OH is 1. The maximum Gasteiger partial charge on any atom is 0.231 e. The molecule has 0 aliphatic carbocycles. The first-order valence-corrected chi connectivity index (χ1v) is 5.52. The first-order chi connectivity index (χ1) is 6.63. The summed E-state index contributed by atoms with van der Waals surface area (Å²) in [5.41, 5.74) is 0. The highest BCUT2D eigenvalue weighted by Crippen LogP contribution is 2.33. The van der Waals surface area contributed by atoms with Crippen LogP contribution in [0.3, 0.4) is 0 Å². The Bertz CT molecular complexity index is 451. The van der Waals surface area contributed by atoms with E-state index in [-0.39, 0.29) is 11.7 Å². The second kappa shape index (κ2) is 3.14. The summed E-state index contributed by atoms with van der Waals surface area (Å²) >= 11 is 0. The fourth-order valence-electron chi connectivity index (χ4n) is 1.14. The third kappa shape index (κ3) is 1.42. The van der Waals surface area contributed by atoms with Crippen LogP contribution in [0.5, 0.6) is 11.5 Å². The predicted octanol–water partition coefficient (Wildman–Crippen LogP) is 0.139. The van der Waals surface area contributed by atoms with E-state index in [1.807, 2.05) is 0 Å². The third-order valence-corrected chi connectivity index (χ3v) is 3.19. The van der Waals surface area contributed by atoms with Gasteiger partial charge in [-0.05, 0) is 12.1 Å². The summed E-state index contributed by atoms with van der Waals surface area (Å²) in [6.07, 6.45) is 0. The number of sulfone groups is 1. The third-order valence-electron chi connectivity index (χ3n) is 1.87. The Kier molecular flexibility index (Phi) is 2.09. The average molecular weight is 216 g/mol. The van der Waals surface area contributed by atoms with Crippen LogP contribution in [0.1, 0.15) is 0 Å². The highest BCUT2D eigenvalue weighted by Gasteiger charge is 2.19. The molecule has 6 heteroatoms. The molecular formula is C8H8O5S. The van der Waals surface area contributed by atoms with E-state index in [4.69, 9.17) is 14.6 Å². The van der Waals surface area contributed by atoms with Gasteiger partial charge in [0.05, 0.1) is 4.90 Å². The molecule has 1 heterocycles. The molecular weight excluding hydrogens is 208 g/mol. The van der Waals surface area contributed by atoms with Gasteiger partial charge >= 0.3 is 0 Å². The van der Waals surface area contributed by atoms with Gasteiger partial charge in [-0.3, -0.25) is 0 Å². The number of rotatable bonds is 2. The van der Waals surface area contributed by atoms with Crippen molar-refractivity contribution in [3.63, 3.8) is 0 Å². The molecule has 0 atom stereocenters. The second-order valence-electron chi connectivity index (χ2n) is 2.76. The zero-order chi connectivity index (χ0) is 10.2. The lowest BCUT2D eigenvalue weighted by molar-refractivity contribution is 0.174. The SMILES string of the molecule is O=S(=O)(CO)c1ccc2c(c1)OCO2. The number of hydrogen-bond acceptors (Lipinski definition) is 5. The summed E-state index contributed by atoms with van der Waals surface area (Å²) in [7, 11) is -3.60. The molecule has 0 bridgehead atoms. The van der Waals surface area contributed by atoms with Crippen molar-refractivity contribution in [1.82, 2.24) is 0 Å². The maximum absolute atomic E-state index is 11.3. The van der Waals surface area contributed by atoms with Crippen LogP contribution in [0.2, 0.25) is 0 Å². The molecule has 0 unspecified atom stereocenters. The fraction of sp³-hybridized carbons (Fsp3) is 0.250. The van der Waals surface area contributed by atoms with Gasteiger partial charge in [-0.2, -0.15) is 0 Å². The molecule has 0 spiro atoms. The molecule has 0 amide bonds. The van der Waals surface area contributed by atoms with E-state index < -0.39 is 15.8 Å².